The number of amides is 1. The van der Waals surface area contributed by atoms with E-state index in [0.717, 1.165) is 5.56 Å². The fourth-order valence-electron chi connectivity index (χ4n) is 1.22. The Labute approximate surface area is 96.4 Å². The number of furan rings is 1. The third-order valence-electron chi connectivity index (χ3n) is 2.07. The highest BCUT2D eigenvalue weighted by Crippen LogP contribution is 2.17. The van der Waals surface area contributed by atoms with Crippen LogP contribution in [-0.4, -0.2) is 11.1 Å². The van der Waals surface area contributed by atoms with Crippen LogP contribution in [0.2, 0.25) is 0 Å². The van der Waals surface area contributed by atoms with Crippen LogP contribution in [0.15, 0.2) is 27.3 Å². The van der Waals surface area contributed by atoms with Crippen LogP contribution < -0.4 is 5.32 Å². The first kappa shape index (κ1) is 10.8. The second-order valence-electron chi connectivity index (χ2n) is 3.16. The van der Waals surface area contributed by atoms with Crippen LogP contribution in [0.3, 0.4) is 0 Å². The van der Waals surface area contributed by atoms with Gasteiger partial charge in [0.05, 0.1) is 5.88 Å². The van der Waals surface area contributed by atoms with Gasteiger partial charge in [0.2, 0.25) is 0 Å². The van der Waals surface area contributed by atoms with E-state index < -0.39 is 0 Å². The van der Waals surface area contributed by atoms with Gasteiger partial charge in [0, 0.05) is 11.6 Å². The number of carbonyl (C=O) groups is 1. The molecule has 2 heterocycles. The monoisotopic (exact) mass is 240 g/mol. The molecule has 84 valence electrons. The Bertz CT molecular complexity index is 490. The lowest BCUT2D eigenvalue weighted by molar-refractivity contribution is 0.0994. The van der Waals surface area contributed by atoms with Gasteiger partial charge in [-0.05, 0) is 13.0 Å². The molecule has 0 radical (unpaired) electrons. The van der Waals surface area contributed by atoms with Crippen LogP contribution in [0.25, 0.3) is 0 Å². The van der Waals surface area contributed by atoms with Crippen molar-refractivity contribution in [2.75, 3.05) is 5.32 Å². The second-order valence-corrected chi connectivity index (χ2v) is 3.43. The number of alkyl halides is 1. The highest BCUT2D eigenvalue weighted by molar-refractivity contribution is 6.17. The van der Waals surface area contributed by atoms with Crippen molar-refractivity contribution in [3.63, 3.8) is 0 Å². The fraction of sp³-hybridized carbons (Fsp3) is 0.200. The van der Waals surface area contributed by atoms with Gasteiger partial charge in [0.15, 0.2) is 11.6 Å². The number of aryl methyl sites for hydroxylation is 1. The summed E-state index contributed by atoms with van der Waals surface area (Å²) >= 11 is 5.67. The standard InChI is InChI=1S/C10H9ClN2O3/c1-6-7(5-11)4-8(16-6)10(14)12-9-2-3-15-13-9/h2-4H,5H2,1H3,(H,12,13,14). The zero-order valence-corrected chi connectivity index (χ0v) is 9.25. The summed E-state index contributed by atoms with van der Waals surface area (Å²) in [5, 5.41) is 6.08. The summed E-state index contributed by atoms with van der Waals surface area (Å²) < 4.78 is 9.85. The Balaban J connectivity index is 2.15. The molecule has 0 atom stereocenters. The van der Waals surface area contributed by atoms with E-state index in [1.807, 2.05) is 0 Å². The maximum Gasteiger partial charge on any atom is 0.292 e. The Morgan fingerprint density at radius 1 is 1.62 bits per heavy atom. The number of carbonyl (C=O) groups excluding carboxylic acids is 1. The summed E-state index contributed by atoms with van der Waals surface area (Å²) in [6, 6.07) is 3.15. The van der Waals surface area contributed by atoms with Gasteiger partial charge in [-0.3, -0.25) is 4.79 Å². The van der Waals surface area contributed by atoms with Gasteiger partial charge in [-0.2, -0.15) is 0 Å². The van der Waals surface area contributed by atoms with Crippen molar-refractivity contribution in [3.05, 3.63) is 35.5 Å². The Morgan fingerprint density at radius 2 is 2.44 bits per heavy atom. The number of anilines is 1. The molecule has 0 aromatic carbocycles. The summed E-state index contributed by atoms with van der Waals surface area (Å²) in [4.78, 5) is 11.7. The summed E-state index contributed by atoms with van der Waals surface area (Å²) in [6.07, 6.45) is 1.37. The van der Waals surface area contributed by atoms with E-state index >= 15 is 0 Å². The fourth-order valence-corrected chi connectivity index (χ4v) is 1.48. The summed E-state index contributed by atoms with van der Waals surface area (Å²) in [6.45, 7) is 1.75. The molecule has 0 saturated carbocycles. The van der Waals surface area contributed by atoms with E-state index in [-0.39, 0.29) is 11.7 Å². The molecule has 0 aliphatic carbocycles. The van der Waals surface area contributed by atoms with Crippen LogP contribution in [0.4, 0.5) is 5.82 Å². The molecule has 5 nitrogen and oxygen atoms in total. The molecule has 2 aromatic heterocycles. The predicted molar refractivity (Wildman–Crippen MR) is 57.5 cm³/mol. The van der Waals surface area contributed by atoms with Crippen LogP contribution in [0.1, 0.15) is 21.9 Å². The third kappa shape index (κ3) is 2.09. The van der Waals surface area contributed by atoms with Crippen molar-refractivity contribution in [1.82, 2.24) is 5.16 Å². The van der Waals surface area contributed by atoms with Crippen LogP contribution in [0, 0.1) is 6.92 Å². The van der Waals surface area contributed by atoms with Crippen molar-refractivity contribution < 1.29 is 13.7 Å². The van der Waals surface area contributed by atoms with Crippen molar-refractivity contribution in [3.8, 4) is 0 Å². The lowest BCUT2D eigenvalue weighted by Gasteiger charge is -1.95. The van der Waals surface area contributed by atoms with Gasteiger partial charge < -0.3 is 14.3 Å². The van der Waals surface area contributed by atoms with E-state index in [9.17, 15) is 4.79 Å². The van der Waals surface area contributed by atoms with Crippen molar-refractivity contribution in [2.45, 2.75) is 12.8 Å². The maximum absolute atomic E-state index is 11.7. The quantitative estimate of drug-likeness (QED) is 0.838. The first-order valence-electron chi connectivity index (χ1n) is 4.57. The third-order valence-corrected chi connectivity index (χ3v) is 2.36. The molecular formula is C10H9ClN2O3. The van der Waals surface area contributed by atoms with Crippen LogP contribution in [-0.2, 0) is 5.88 Å². The molecule has 1 amide bonds. The first-order chi connectivity index (χ1) is 7.70. The number of hydrogen-bond donors (Lipinski definition) is 1. The number of aromatic nitrogens is 1. The molecular weight excluding hydrogens is 232 g/mol. The van der Waals surface area contributed by atoms with Crippen molar-refractivity contribution in [1.29, 1.82) is 0 Å². The van der Waals surface area contributed by atoms with Gasteiger partial charge in [-0.25, -0.2) is 0 Å². The number of halogens is 1. The predicted octanol–water partition coefficient (Wildman–Crippen LogP) is 2.57. The maximum atomic E-state index is 11.7. The zero-order valence-electron chi connectivity index (χ0n) is 8.49. The number of nitrogens with zero attached hydrogens (tertiary/aromatic N) is 1. The number of rotatable bonds is 3. The van der Waals surface area contributed by atoms with Gasteiger partial charge in [0.25, 0.3) is 5.91 Å². The minimum Gasteiger partial charge on any atom is -0.456 e. The summed E-state index contributed by atoms with van der Waals surface area (Å²) in [5.74, 6) is 1.11. The molecule has 0 spiro atoms. The van der Waals surface area contributed by atoms with Gasteiger partial charge >= 0.3 is 0 Å². The largest absolute Gasteiger partial charge is 0.456 e. The first-order valence-corrected chi connectivity index (χ1v) is 5.11. The topological polar surface area (TPSA) is 68.3 Å². The number of hydrogen-bond acceptors (Lipinski definition) is 4. The molecule has 0 aliphatic rings. The lowest BCUT2D eigenvalue weighted by atomic mass is 10.3. The normalized spacial score (nSPS) is 10.4. The molecule has 0 saturated heterocycles. The molecule has 0 bridgehead atoms. The molecule has 1 N–H and O–H groups in total. The average Bonchev–Trinajstić information content (AvgIpc) is 2.87. The SMILES string of the molecule is Cc1oc(C(=O)Nc2ccon2)cc1CCl. The number of nitrogens with one attached hydrogen (secondary N) is 1. The van der Waals surface area contributed by atoms with Crippen molar-refractivity contribution >= 4 is 23.3 Å². The minimum atomic E-state index is -0.381. The van der Waals surface area contributed by atoms with E-state index in [1.54, 1.807) is 13.0 Å². The lowest BCUT2D eigenvalue weighted by Crippen LogP contribution is -2.10. The van der Waals surface area contributed by atoms with E-state index in [0.29, 0.717) is 17.5 Å². The molecule has 2 aromatic rings. The summed E-state index contributed by atoms with van der Waals surface area (Å²) in [5.41, 5.74) is 0.798. The van der Waals surface area contributed by atoms with Gasteiger partial charge in [-0.15, -0.1) is 11.6 Å². The molecule has 16 heavy (non-hydrogen) atoms. The van der Waals surface area contributed by atoms with Crippen molar-refractivity contribution in [2.24, 2.45) is 0 Å². The Hall–Kier alpha value is -1.75. The summed E-state index contributed by atoms with van der Waals surface area (Å²) in [7, 11) is 0. The molecule has 0 aliphatic heterocycles. The molecule has 2 rings (SSSR count). The van der Waals surface area contributed by atoms with Crippen LogP contribution >= 0.6 is 11.6 Å². The Kier molecular flexibility index (Phi) is 2.96. The zero-order chi connectivity index (χ0) is 11.5. The van der Waals surface area contributed by atoms with E-state index in [1.165, 1.54) is 12.3 Å². The smallest absolute Gasteiger partial charge is 0.292 e. The molecule has 0 unspecified atom stereocenters. The Morgan fingerprint density at radius 3 is 3.00 bits per heavy atom. The second kappa shape index (κ2) is 4.40. The van der Waals surface area contributed by atoms with E-state index in [2.05, 4.69) is 15.0 Å². The minimum absolute atomic E-state index is 0.205. The highest BCUT2D eigenvalue weighted by atomic mass is 35.5. The highest BCUT2D eigenvalue weighted by Gasteiger charge is 2.14. The average molecular weight is 241 g/mol. The van der Waals surface area contributed by atoms with Gasteiger partial charge in [0.1, 0.15) is 12.0 Å². The molecule has 6 heteroatoms. The van der Waals surface area contributed by atoms with E-state index in [4.69, 9.17) is 16.0 Å². The van der Waals surface area contributed by atoms with Gasteiger partial charge in [-0.1, -0.05) is 5.16 Å². The molecule has 0 fully saturated rings. The van der Waals surface area contributed by atoms with Crippen LogP contribution in [0.5, 0.6) is 0 Å².